The van der Waals surface area contributed by atoms with Crippen molar-refractivity contribution in [1.82, 2.24) is 15.5 Å². The first-order valence-electron chi connectivity index (χ1n) is 9.10. The molecule has 1 spiro atoms. The van der Waals surface area contributed by atoms with Gasteiger partial charge in [-0.2, -0.15) is 0 Å². The van der Waals surface area contributed by atoms with E-state index in [1.807, 2.05) is 30.3 Å². The van der Waals surface area contributed by atoms with Gasteiger partial charge in [0.25, 0.3) is 11.8 Å². The lowest BCUT2D eigenvalue weighted by molar-refractivity contribution is -0.151. The van der Waals surface area contributed by atoms with E-state index in [1.54, 1.807) is 0 Å². The van der Waals surface area contributed by atoms with E-state index in [1.165, 1.54) is 0 Å². The van der Waals surface area contributed by atoms with Crippen LogP contribution in [0.25, 0.3) is 0 Å². The highest BCUT2D eigenvalue weighted by molar-refractivity contribution is 6.08. The lowest BCUT2D eigenvalue weighted by Crippen LogP contribution is -2.44. The molecule has 0 unspecified atom stereocenters. The average Bonchev–Trinajstić information content (AvgIpc) is 3.22. The number of nitrogens with one attached hydrogen (secondary N) is 2. The van der Waals surface area contributed by atoms with Gasteiger partial charge in [-0.3, -0.25) is 19.3 Å². The Bertz CT molecular complexity index is 728. The van der Waals surface area contributed by atoms with Gasteiger partial charge < -0.3 is 15.4 Å². The van der Waals surface area contributed by atoms with Crippen LogP contribution in [0, 0.1) is 0 Å². The Balaban J connectivity index is 1.38. The Hall–Kier alpha value is -2.90. The summed E-state index contributed by atoms with van der Waals surface area (Å²) in [5, 5.41) is 5.35. The largest absolute Gasteiger partial charge is 0.454 e. The molecule has 1 aliphatic carbocycles. The number of imide groups is 1. The standard InChI is InChI=1S/C19H23N3O5/c23-15(20-11-8-14-6-2-1-3-7-14)13-27-16(24)12-22-17(25)19(21-18(22)26)9-4-5-10-19/h1-3,6-7H,4-5,8-13H2,(H,20,23)(H,21,26). The van der Waals surface area contributed by atoms with Crippen molar-refractivity contribution < 1.29 is 23.9 Å². The molecule has 2 N–H and O–H groups in total. The summed E-state index contributed by atoms with van der Waals surface area (Å²) in [5.74, 6) is -1.59. The fourth-order valence-electron chi connectivity index (χ4n) is 3.50. The molecule has 1 aromatic rings. The number of urea groups is 1. The molecule has 27 heavy (non-hydrogen) atoms. The van der Waals surface area contributed by atoms with Crippen molar-refractivity contribution in [3.8, 4) is 0 Å². The van der Waals surface area contributed by atoms with Gasteiger partial charge in [0, 0.05) is 6.54 Å². The third-order valence-corrected chi connectivity index (χ3v) is 4.93. The second-order valence-corrected chi connectivity index (χ2v) is 6.86. The first kappa shape index (κ1) is 18.9. The third kappa shape index (κ3) is 4.45. The Kier molecular flexibility index (Phi) is 5.73. The molecular formula is C19H23N3O5. The van der Waals surface area contributed by atoms with Crippen LogP contribution in [0.2, 0.25) is 0 Å². The quantitative estimate of drug-likeness (QED) is 0.542. The number of hydrogen-bond donors (Lipinski definition) is 2. The van der Waals surface area contributed by atoms with Crippen molar-refractivity contribution in [3.05, 3.63) is 35.9 Å². The fourth-order valence-corrected chi connectivity index (χ4v) is 3.50. The molecule has 8 nitrogen and oxygen atoms in total. The molecule has 8 heteroatoms. The second kappa shape index (κ2) is 8.20. The predicted molar refractivity (Wildman–Crippen MR) is 95.6 cm³/mol. The van der Waals surface area contributed by atoms with Crippen LogP contribution >= 0.6 is 0 Å². The minimum atomic E-state index is -0.855. The molecule has 1 saturated carbocycles. The summed E-state index contributed by atoms with van der Waals surface area (Å²) in [6.07, 6.45) is 3.59. The van der Waals surface area contributed by atoms with E-state index in [0.29, 0.717) is 25.8 Å². The van der Waals surface area contributed by atoms with Gasteiger partial charge in [-0.05, 0) is 24.8 Å². The van der Waals surface area contributed by atoms with E-state index in [4.69, 9.17) is 4.74 Å². The molecule has 1 aliphatic heterocycles. The van der Waals surface area contributed by atoms with E-state index in [9.17, 15) is 19.2 Å². The molecule has 4 amide bonds. The molecule has 0 aromatic heterocycles. The van der Waals surface area contributed by atoms with Crippen molar-refractivity contribution >= 4 is 23.8 Å². The van der Waals surface area contributed by atoms with Gasteiger partial charge in [-0.15, -0.1) is 0 Å². The number of nitrogens with zero attached hydrogens (tertiary/aromatic N) is 1. The van der Waals surface area contributed by atoms with E-state index < -0.39 is 36.6 Å². The molecule has 1 aromatic carbocycles. The zero-order valence-corrected chi connectivity index (χ0v) is 15.0. The lowest BCUT2D eigenvalue weighted by atomic mass is 9.98. The summed E-state index contributed by atoms with van der Waals surface area (Å²) in [6, 6.07) is 9.10. The first-order chi connectivity index (χ1) is 13.0. The normalized spacial score (nSPS) is 17.9. The number of benzene rings is 1. The van der Waals surface area contributed by atoms with Gasteiger partial charge >= 0.3 is 12.0 Å². The van der Waals surface area contributed by atoms with Gasteiger partial charge in [0.2, 0.25) is 0 Å². The average molecular weight is 373 g/mol. The molecule has 1 heterocycles. The molecule has 1 saturated heterocycles. The zero-order valence-electron chi connectivity index (χ0n) is 15.0. The van der Waals surface area contributed by atoms with Crippen LogP contribution in [0.3, 0.4) is 0 Å². The van der Waals surface area contributed by atoms with Crippen LogP contribution in [0.15, 0.2) is 30.3 Å². The number of carbonyl (C=O) groups excluding carboxylic acids is 4. The molecule has 144 valence electrons. The second-order valence-electron chi connectivity index (χ2n) is 6.86. The summed E-state index contributed by atoms with van der Waals surface area (Å²) in [4.78, 5) is 49.0. The summed E-state index contributed by atoms with van der Waals surface area (Å²) in [6.45, 7) is -0.498. The highest BCUT2D eigenvalue weighted by Gasteiger charge is 2.52. The number of amides is 4. The molecule has 0 radical (unpaired) electrons. The molecule has 2 fully saturated rings. The SMILES string of the molecule is O=C(COC(=O)CN1C(=O)NC2(CCCC2)C1=O)NCCc1ccccc1. The van der Waals surface area contributed by atoms with Gasteiger partial charge in [0.1, 0.15) is 12.1 Å². The van der Waals surface area contributed by atoms with E-state index >= 15 is 0 Å². The molecule has 3 rings (SSSR count). The Morgan fingerprint density at radius 1 is 1.15 bits per heavy atom. The van der Waals surface area contributed by atoms with Gasteiger partial charge in [-0.25, -0.2) is 4.79 Å². The lowest BCUT2D eigenvalue weighted by Gasteiger charge is -2.19. The Morgan fingerprint density at radius 2 is 1.85 bits per heavy atom. The number of carbonyl (C=O) groups is 4. The zero-order chi connectivity index (χ0) is 19.3. The van der Waals surface area contributed by atoms with Crippen molar-refractivity contribution in [3.63, 3.8) is 0 Å². The minimum Gasteiger partial charge on any atom is -0.454 e. The van der Waals surface area contributed by atoms with E-state index in [2.05, 4.69) is 10.6 Å². The Labute approximate surface area is 157 Å². The van der Waals surface area contributed by atoms with Gasteiger partial charge in [0.15, 0.2) is 6.61 Å². The molecule has 2 aliphatic rings. The van der Waals surface area contributed by atoms with E-state index in [-0.39, 0.29) is 5.91 Å². The minimum absolute atomic E-state index is 0.380. The van der Waals surface area contributed by atoms with Crippen LogP contribution in [-0.4, -0.2) is 54.0 Å². The predicted octanol–water partition coefficient (Wildman–Crippen LogP) is 0.753. The number of ether oxygens (including phenoxy) is 1. The van der Waals surface area contributed by atoms with Crippen LogP contribution in [0.1, 0.15) is 31.2 Å². The van der Waals surface area contributed by atoms with E-state index in [0.717, 1.165) is 23.3 Å². The molecule has 0 atom stereocenters. The highest BCUT2D eigenvalue weighted by atomic mass is 16.5. The van der Waals surface area contributed by atoms with Crippen molar-refractivity contribution in [2.24, 2.45) is 0 Å². The summed E-state index contributed by atoms with van der Waals surface area (Å²) < 4.78 is 4.89. The number of hydrogen-bond acceptors (Lipinski definition) is 5. The van der Waals surface area contributed by atoms with Crippen LogP contribution in [-0.2, 0) is 25.5 Å². The number of rotatable bonds is 7. The van der Waals surface area contributed by atoms with Crippen LogP contribution in [0.5, 0.6) is 0 Å². The Morgan fingerprint density at radius 3 is 2.56 bits per heavy atom. The first-order valence-corrected chi connectivity index (χ1v) is 9.10. The molecular weight excluding hydrogens is 350 g/mol. The maximum Gasteiger partial charge on any atom is 0.326 e. The van der Waals surface area contributed by atoms with Crippen molar-refractivity contribution in [1.29, 1.82) is 0 Å². The number of esters is 1. The van der Waals surface area contributed by atoms with Crippen molar-refractivity contribution in [2.75, 3.05) is 19.7 Å². The maximum absolute atomic E-state index is 12.4. The van der Waals surface area contributed by atoms with Crippen molar-refractivity contribution in [2.45, 2.75) is 37.6 Å². The highest BCUT2D eigenvalue weighted by Crippen LogP contribution is 2.34. The third-order valence-electron chi connectivity index (χ3n) is 4.93. The smallest absolute Gasteiger partial charge is 0.326 e. The molecule has 0 bridgehead atoms. The topological polar surface area (TPSA) is 105 Å². The van der Waals surface area contributed by atoms with Crippen LogP contribution in [0.4, 0.5) is 4.79 Å². The summed E-state index contributed by atoms with van der Waals surface area (Å²) in [5.41, 5.74) is 0.237. The summed E-state index contributed by atoms with van der Waals surface area (Å²) in [7, 11) is 0. The van der Waals surface area contributed by atoms with Crippen LogP contribution < -0.4 is 10.6 Å². The summed E-state index contributed by atoms with van der Waals surface area (Å²) >= 11 is 0. The van der Waals surface area contributed by atoms with Gasteiger partial charge in [0.05, 0.1) is 0 Å². The fraction of sp³-hybridized carbons (Fsp3) is 0.474. The maximum atomic E-state index is 12.4. The monoisotopic (exact) mass is 373 g/mol. The van der Waals surface area contributed by atoms with Gasteiger partial charge in [-0.1, -0.05) is 43.2 Å².